The number of fused-ring (bicyclic) bond motifs is 1. The van der Waals surface area contributed by atoms with Gasteiger partial charge in [-0.1, -0.05) is 25.1 Å². The second-order valence-electron chi connectivity index (χ2n) is 8.92. The van der Waals surface area contributed by atoms with Crippen LogP contribution in [0.1, 0.15) is 19.4 Å². The Morgan fingerprint density at radius 2 is 1.88 bits per heavy atom. The zero-order valence-electron chi connectivity index (χ0n) is 19.7. The van der Waals surface area contributed by atoms with Gasteiger partial charge in [0.05, 0.1) is 19.1 Å². The van der Waals surface area contributed by atoms with Crippen molar-refractivity contribution in [1.29, 1.82) is 0 Å². The molecule has 3 N–H and O–H groups in total. The maximum Gasteiger partial charge on any atom is 0.323 e. The van der Waals surface area contributed by atoms with Crippen molar-refractivity contribution in [2.24, 2.45) is 5.92 Å². The van der Waals surface area contributed by atoms with Gasteiger partial charge in [-0.15, -0.1) is 0 Å². The summed E-state index contributed by atoms with van der Waals surface area (Å²) in [5.74, 6) is 0.616. The lowest BCUT2D eigenvalue weighted by Gasteiger charge is -2.33. The molecule has 0 saturated heterocycles. The summed E-state index contributed by atoms with van der Waals surface area (Å²) >= 11 is 0. The molecule has 1 heterocycles. The number of nitrogens with zero attached hydrogens (tertiary/aromatic N) is 2. The first-order valence-corrected chi connectivity index (χ1v) is 11.2. The van der Waals surface area contributed by atoms with E-state index in [1.807, 2.05) is 39.2 Å². The molecule has 33 heavy (non-hydrogen) atoms. The van der Waals surface area contributed by atoms with Gasteiger partial charge in [-0.25, -0.2) is 4.79 Å². The van der Waals surface area contributed by atoms with Crippen molar-refractivity contribution >= 4 is 23.3 Å². The molecule has 8 heteroatoms. The third-order valence-corrected chi connectivity index (χ3v) is 5.75. The van der Waals surface area contributed by atoms with E-state index in [1.165, 1.54) is 0 Å². The molecule has 0 aromatic heterocycles. The van der Waals surface area contributed by atoms with Crippen molar-refractivity contribution in [3.63, 3.8) is 0 Å². The minimum atomic E-state index is -0.369. The van der Waals surface area contributed by atoms with Gasteiger partial charge in [0, 0.05) is 35.9 Å². The molecule has 8 nitrogen and oxygen atoms in total. The van der Waals surface area contributed by atoms with Crippen LogP contribution in [-0.2, 0) is 11.2 Å². The summed E-state index contributed by atoms with van der Waals surface area (Å²) in [6.45, 7) is 4.99. The van der Waals surface area contributed by atoms with E-state index >= 15 is 0 Å². The Morgan fingerprint density at radius 1 is 1.18 bits per heavy atom. The van der Waals surface area contributed by atoms with Crippen LogP contribution in [0.2, 0.25) is 0 Å². The third-order valence-electron chi connectivity index (χ3n) is 5.75. The molecule has 2 aromatic rings. The largest absolute Gasteiger partial charge is 0.488 e. The maximum atomic E-state index is 13.2. The van der Waals surface area contributed by atoms with Crippen LogP contribution < -0.4 is 15.4 Å². The number of anilines is 2. The summed E-state index contributed by atoms with van der Waals surface area (Å²) < 4.78 is 6.39. The molecule has 0 bridgehead atoms. The van der Waals surface area contributed by atoms with E-state index in [0.29, 0.717) is 35.8 Å². The molecule has 0 radical (unpaired) electrons. The topological polar surface area (TPSA) is 94.1 Å². The zero-order valence-corrected chi connectivity index (χ0v) is 19.7. The number of benzene rings is 2. The first-order chi connectivity index (χ1) is 15.8. The fourth-order valence-corrected chi connectivity index (χ4v) is 3.90. The average Bonchev–Trinajstić information content (AvgIpc) is 2.82. The number of rotatable bonds is 6. The van der Waals surface area contributed by atoms with Gasteiger partial charge in [0.25, 0.3) is 0 Å². The second-order valence-corrected chi connectivity index (χ2v) is 8.92. The van der Waals surface area contributed by atoms with Crippen LogP contribution in [0, 0.1) is 5.92 Å². The Balaban J connectivity index is 1.86. The quantitative estimate of drug-likeness (QED) is 0.624. The number of nitrogens with one attached hydrogen (secondary N) is 2. The van der Waals surface area contributed by atoms with Gasteiger partial charge in [-0.2, -0.15) is 0 Å². The predicted octanol–water partition coefficient (Wildman–Crippen LogP) is 3.04. The highest BCUT2D eigenvalue weighted by molar-refractivity contribution is 5.99. The van der Waals surface area contributed by atoms with Gasteiger partial charge in [0.1, 0.15) is 11.9 Å². The number of hydrogen-bond acceptors (Lipinski definition) is 5. The predicted molar refractivity (Wildman–Crippen MR) is 130 cm³/mol. The number of para-hydroxylation sites is 1. The number of aliphatic hydroxyl groups excluding tert-OH is 1. The molecule has 0 aliphatic carbocycles. The van der Waals surface area contributed by atoms with E-state index in [1.54, 1.807) is 35.2 Å². The number of carbonyl (C=O) groups excluding carboxylic acids is 2. The van der Waals surface area contributed by atoms with Crippen molar-refractivity contribution in [1.82, 2.24) is 9.80 Å². The Bertz CT molecular complexity index is 951. The lowest BCUT2D eigenvalue weighted by atomic mass is 10.0. The smallest absolute Gasteiger partial charge is 0.323 e. The lowest BCUT2D eigenvalue weighted by molar-refractivity contribution is -0.134. The summed E-state index contributed by atoms with van der Waals surface area (Å²) in [5, 5.41) is 15.3. The van der Waals surface area contributed by atoms with Crippen LogP contribution in [0.3, 0.4) is 0 Å². The minimum Gasteiger partial charge on any atom is -0.488 e. The molecule has 0 fully saturated rings. The molecule has 1 aliphatic heterocycles. The molecular weight excluding hydrogens is 420 g/mol. The summed E-state index contributed by atoms with van der Waals surface area (Å²) in [6, 6.07) is 13.9. The molecule has 0 saturated carbocycles. The normalized spacial score (nSPS) is 19.6. The van der Waals surface area contributed by atoms with Crippen molar-refractivity contribution < 1.29 is 19.4 Å². The lowest BCUT2D eigenvalue weighted by Crippen LogP contribution is -2.47. The highest BCUT2D eigenvalue weighted by Crippen LogP contribution is 2.29. The zero-order chi connectivity index (χ0) is 24.0. The fourth-order valence-electron chi connectivity index (χ4n) is 3.90. The van der Waals surface area contributed by atoms with E-state index in [2.05, 4.69) is 22.5 Å². The molecular formula is C25H34N4O4. The Kier molecular flexibility index (Phi) is 8.30. The standard InChI is InChI=1S/C25H34N4O4/c1-17-14-29(18(2)16-30)24(31)13-19-12-21(10-11-22(19)33-23(17)15-28(3)4)27-25(32)26-20-8-6-5-7-9-20/h5-12,17-18,23,30H,13-16H2,1-4H3,(H2,26,27,32)/t17-,18+,23+/m0/s1. The van der Waals surface area contributed by atoms with Crippen molar-refractivity contribution in [2.75, 3.05) is 44.4 Å². The van der Waals surface area contributed by atoms with Gasteiger partial charge in [-0.05, 0) is 51.4 Å². The van der Waals surface area contributed by atoms with Gasteiger partial charge < -0.3 is 30.3 Å². The summed E-state index contributed by atoms with van der Waals surface area (Å²) in [4.78, 5) is 29.4. The van der Waals surface area contributed by atoms with Crippen molar-refractivity contribution in [3.8, 4) is 5.75 Å². The van der Waals surface area contributed by atoms with Crippen LogP contribution in [0.15, 0.2) is 48.5 Å². The summed E-state index contributed by atoms with van der Waals surface area (Å²) in [5.41, 5.74) is 1.95. The monoisotopic (exact) mass is 454 g/mol. The molecule has 178 valence electrons. The molecule has 0 spiro atoms. The van der Waals surface area contributed by atoms with E-state index < -0.39 is 0 Å². The van der Waals surface area contributed by atoms with Crippen molar-refractivity contribution in [3.05, 3.63) is 54.1 Å². The Hall–Kier alpha value is -3.10. The van der Waals surface area contributed by atoms with Crippen LogP contribution >= 0.6 is 0 Å². The average molecular weight is 455 g/mol. The summed E-state index contributed by atoms with van der Waals surface area (Å²) in [7, 11) is 3.97. The maximum absolute atomic E-state index is 13.2. The number of carbonyl (C=O) groups is 2. The molecule has 3 atom stereocenters. The van der Waals surface area contributed by atoms with E-state index in [0.717, 1.165) is 0 Å². The Morgan fingerprint density at radius 3 is 2.55 bits per heavy atom. The number of urea groups is 1. The van der Waals surface area contributed by atoms with Gasteiger partial charge in [0.15, 0.2) is 0 Å². The third kappa shape index (κ3) is 6.69. The van der Waals surface area contributed by atoms with Crippen LogP contribution in [0.25, 0.3) is 0 Å². The molecule has 1 aliphatic rings. The number of hydrogen-bond donors (Lipinski definition) is 3. The number of amides is 3. The number of ether oxygens (including phenoxy) is 1. The second kappa shape index (κ2) is 11.2. The number of aliphatic hydroxyl groups is 1. The van der Waals surface area contributed by atoms with Crippen LogP contribution in [0.5, 0.6) is 5.75 Å². The van der Waals surface area contributed by atoms with Crippen molar-refractivity contribution in [2.45, 2.75) is 32.4 Å². The first kappa shape index (κ1) is 24.5. The molecule has 0 unspecified atom stereocenters. The Labute approximate surface area is 195 Å². The first-order valence-electron chi connectivity index (χ1n) is 11.2. The van der Waals surface area contributed by atoms with Gasteiger partial charge in [-0.3, -0.25) is 4.79 Å². The van der Waals surface area contributed by atoms with Gasteiger partial charge in [0.2, 0.25) is 5.91 Å². The van der Waals surface area contributed by atoms with Crippen LogP contribution in [-0.4, -0.2) is 72.8 Å². The molecule has 3 amide bonds. The van der Waals surface area contributed by atoms with Gasteiger partial charge >= 0.3 is 6.03 Å². The van der Waals surface area contributed by atoms with E-state index in [4.69, 9.17) is 4.74 Å². The number of likely N-dealkylation sites (N-methyl/N-ethyl adjacent to an activating group) is 1. The minimum absolute atomic E-state index is 0.0609. The van der Waals surface area contributed by atoms with E-state index in [9.17, 15) is 14.7 Å². The van der Waals surface area contributed by atoms with E-state index in [-0.39, 0.29) is 43.0 Å². The molecule has 3 rings (SSSR count). The SMILES string of the molecule is C[C@H](CO)N1C[C@H](C)[C@@H](CN(C)C)Oc2ccc(NC(=O)Nc3ccccc3)cc2CC1=O. The molecule has 2 aromatic carbocycles. The summed E-state index contributed by atoms with van der Waals surface area (Å²) in [6.07, 6.45) is -0.0186. The fraction of sp³-hybridized carbons (Fsp3) is 0.440. The van der Waals surface area contributed by atoms with Crippen LogP contribution in [0.4, 0.5) is 16.2 Å². The highest BCUT2D eigenvalue weighted by Gasteiger charge is 2.30. The highest BCUT2D eigenvalue weighted by atomic mass is 16.5.